The Morgan fingerprint density at radius 1 is 1.03 bits per heavy atom. The minimum absolute atomic E-state index is 0.0678. The maximum atomic E-state index is 13.7. The molecule has 0 N–H and O–H groups in total. The number of hydrogen-bond acceptors (Lipinski definition) is 5. The molecule has 1 aliphatic carbocycles. The minimum atomic E-state index is 0.0678. The van der Waals surface area contributed by atoms with E-state index in [1.165, 1.54) is 40.6 Å². The van der Waals surface area contributed by atoms with Crippen LogP contribution in [0.25, 0.3) is 10.2 Å². The molecule has 3 aromatic rings. The highest BCUT2D eigenvalue weighted by Gasteiger charge is 2.23. The summed E-state index contributed by atoms with van der Waals surface area (Å²) in [6, 6.07) is 10.3. The molecule has 0 saturated carbocycles. The van der Waals surface area contributed by atoms with Crippen LogP contribution in [0.1, 0.15) is 48.1 Å². The first-order valence-corrected chi connectivity index (χ1v) is 13.5. The van der Waals surface area contributed by atoms with Gasteiger partial charge >= 0.3 is 0 Å². The summed E-state index contributed by atoms with van der Waals surface area (Å²) in [4.78, 5) is 35.5. The molecule has 1 aliphatic heterocycles. The largest absolute Gasteiger partial charge is 0.342 e. The standard InChI is InChI=1S/C25H29N3O2S2/c29-21(27-14-7-2-8-15-27)17-31-25-26-23-22(19-11-5-6-12-20(19)32-23)24(30)28(25)16-13-18-9-3-1-4-10-18/h1,3-4,9-10H,2,5-8,11-17H2. The fourth-order valence-corrected chi connectivity index (χ4v) is 7.00. The zero-order chi connectivity index (χ0) is 21.9. The molecule has 1 fully saturated rings. The quantitative estimate of drug-likeness (QED) is 0.390. The van der Waals surface area contributed by atoms with Crippen LogP contribution in [0.4, 0.5) is 0 Å². The third kappa shape index (κ3) is 4.50. The van der Waals surface area contributed by atoms with Crippen molar-refractivity contribution in [2.75, 3.05) is 18.8 Å². The number of hydrogen-bond donors (Lipinski definition) is 0. The molecule has 0 radical (unpaired) electrons. The lowest BCUT2D eigenvalue weighted by molar-refractivity contribution is -0.129. The van der Waals surface area contributed by atoms with Crippen molar-refractivity contribution in [1.82, 2.24) is 14.5 Å². The average molecular weight is 468 g/mol. The van der Waals surface area contributed by atoms with E-state index in [1.807, 2.05) is 27.7 Å². The fourth-order valence-electron chi connectivity index (χ4n) is 4.77. The summed E-state index contributed by atoms with van der Waals surface area (Å²) in [6.45, 7) is 2.28. The van der Waals surface area contributed by atoms with Gasteiger partial charge in [-0.2, -0.15) is 0 Å². The van der Waals surface area contributed by atoms with E-state index in [1.54, 1.807) is 11.3 Å². The van der Waals surface area contributed by atoms with Gasteiger partial charge < -0.3 is 4.90 Å². The molecular formula is C25H29N3O2S2. The number of piperidine rings is 1. The lowest BCUT2D eigenvalue weighted by Crippen LogP contribution is -2.37. The highest BCUT2D eigenvalue weighted by Crippen LogP contribution is 2.34. The van der Waals surface area contributed by atoms with E-state index < -0.39 is 0 Å². The topological polar surface area (TPSA) is 55.2 Å². The second kappa shape index (κ2) is 9.79. The number of aryl methyl sites for hydroxylation is 3. The van der Waals surface area contributed by atoms with Crippen LogP contribution >= 0.6 is 23.1 Å². The van der Waals surface area contributed by atoms with Crippen LogP contribution in [0.3, 0.4) is 0 Å². The predicted octanol–water partition coefficient (Wildman–Crippen LogP) is 4.68. The Hall–Kier alpha value is -2.12. The smallest absolute Gasteiger partial charge is 0.263 e. The Morgan fingerprint density at radius 3 is 2.62 bits per heavy atom. The number of rotatable bonds is 6. The summed E-state index contributed by atoms with van der Waals surface area (Å²) in [7, 11) is 0. The highest BCUT2D eigenvalue weighted by molar-refractivity contribution is 7.99. The molecule has 7 heteroatoms. The van der Waals surface area contributed by atoms with Crippen molar-refractivity contribution in [3.8, 4) is 0 Å². The Balaban J connectivity index is 1.46. The van der Waals surface area contributed by atoms with Gasteiger partial charge in [-0.3, -0.25) is 14.2 Å². The molecule has 0 unspecified atom stereocenters. The van der Waals surface area contributed by atoms with Gasteiger partial charge in [0.25, 0.3) is 5.56 Å². The maximum Gasteiger partial charge on any atom is 0.263 e. The summed E-state index contributed by atoms with van der Waals surface area (Å²) in [5, 5.41) is 1.51. The molecule has 0 bridgehead atoms. The molecule has 2 aromatic heterocycles. The SMILES string of the molecule is O=C(CSc1nc2sc3c(c2c(=O)n1CCc1ccccc1)CCCC3)N1CCCCC1. The number of carbonyl (C=O) groups excluding carboxylic acids is 1. The van der Waals surface area contributed by atoms with Gasteiger partial charge in [-0.1, -0.05) is 42.1 Å². The summed E-state index contributed by atoms with van der Waals surface area (Å²) in [5.74, 6) is 0.498. The monoisotopic (exact) mass is 467 g/mol. The van der Waals surface area contributed by atoms with Crippen molar-refractivity contribution < 1.29 is 4.79 Å². The number of nitrogens with zero attached hydrogens (tertiary/aromatic N) is 3. The van der Waals surface area contributed by atoms with Crippen LogP contribution < -0.4 is 5.56 Å². The van der Waals surface area contributed by atoms with E-state index in [9.17, 15) is 9.59 Å². The minimum Gasteiger partial charge on any atom is -0.342 e. The molecule has 1 saturated heterocycles. The van der Waals surface area contributed by atoms with Gasteiger partial charge in [0.2, 0.25) is 5.91 Å². The Kier molecular flexibility index (Phi) is 6.64. The zero-order valence-corrected chi connectivity index (χ0v) is 20.0. The van der Waals surface area contributed by atoms with E-state index in [-0.39, 0.29) is 11.5 Å². The number of likely N-dealkylation sites (tertiary alicyclic amines) is 1. The summed E-state index contributed by atoms with van der Waals surface area (Å²) >= 11 is 3.11. The fraction of sp³-hybridized carbons (Fsp3) is 0.480. The number of aromatic nitrogens is 2. The second-order valence-corrected chi connectivity index (χ2v) is 10.7. The van der Waals surface area contributed by atoms with Crippen LogP contribution in [0.2, 0.25) is 0 Å². The Bertz CT molecular complexity index is 1160. The molecule has 168 valence electrons. The highest BCUT2D eigenvalue weighted by atomic mass is 32.2. The van der Waals surface area contributed by atoms with E-state index in [2.05, 4.69) is 12.1 Å². The lowest BCUT2D eigenvalue weighted by atomic mass is 9.97. The summed E-state index contributed by atoms with van der Waals surface area (Å²) in [5.41, 5.74) is 2.49. The maximum absolute atomic E-state index is 13.7. The Labute approximate surface area is 196 Å². The third-order valence-electron chi connectivity index (χ3n) is 6.54. The first kappa shape index (κ1) is 21.7. The van der Waals surface area contributed by atoms with Crippen LogP contribution in [-0.2, 0) is 30.6 Å². The molecule has 0 spiro atoms. The van der Waals surface area contributed by atoms with Gasteiger partial charge in [0.1, 0.15) is 4.83 Å². The van der Waals surface area contributed by atoms with Crippen molar-refractivity contribution in [3.05, 3.63) is 56.7 Å². The normalized spacial score (nSPS) is 16.3. The van der Waals surface area contributed by atoms with Crippen molar-refractivity contribution in [3.63, 3.8) is 0 Å². The van der Waals surface area contributed by atoms with Gasteiger partial charge in [-0.05, 0) is 62.5 Å². The van der Waals surface area contributed by atoms with Gasteiger partial charge in [0, 0.05) is 24.5 Å². The van der Waals surface area contributed by atoms with Crippen molar-refractivity contribution in [1.29, 1.82) is 0 Å². The molecule has 1 amide bonds. The van der Waals surface area contributed by atoms with E-state index in [0.29, 0.717) is 17.5 Å². The molecule has 0 atom stereocenters. The van der Waals surface area contributed by atoms with Crippen LogP contribution in [0, 0.1) is 0 Å². The first-order chi connectivity index (χ1) is 15.7. The number of fused-ring (bicyclic) bond motifs is 3. The van der Waals surface area contributed by atoms with Gasteiger partial charge in [-0.15, -0.1) is 11.3 Å². The van der Waals surface area contributed by atoms with Crippen molar-refractivity contribution in [2.24, 2.45) is 0 Å². The average Bonchev–Trinajstić information content (AvgIpc) is 3.22. The van der Waals surface area contributed by atoms with E-state index >= 15 is 0 Å². The zero-order valence-electron chi connectivity index (χ0n) is 18.3. The first-order valence-electron chi connectivity index (χ1n) is 11.7. The number of benzene rings is 1. The van der Waals surface area contributed by atoms with Crippen LogP contribution in [0.5, 0.6) is 0 Å². The number of carbonyl (C=O) groups is 1. The van der Waals surface area contributed by atoms with E-state index in [0.717, 1.165) is 61.8 Å². The second-order valence-electron chi connectivity index (χ2n) is 8.71. The summed E-state index contributed by atoms with van der Waals surface area (Å²) in [6.07, 6.45) is 8.51. The van der Waals surface area contributed by atoms with Gasteiger partial charge in [0.15, 0.2) is 5.16 Å². The molecule has 5 rings (SSSR count). The third-order valence-corrected chi connectivity index (χ3v) is 8.69. The van der Waals surface area contributed by atoms with Gasteiger partial charge in [-0.25, -0.2) is 4.98 Å². The number of amides is 1. The van der Waals surface area contributed by atoms with Gasteiger partial charge in [0.05, 0.1) is 11.1 Å². The van der Waals surface area contributed by atoms with Crippen molar-refractivity contribution in [2.45, 2.75) is 63.1 Å². The molecule has 1 aromatic carbocycles. The van der Waals surface area contributed by atoms with Crippen LogP contribution in [-0.4, -0.2) is 39.2 Å². The van der Waals surface area contributed by atoms with Crippen molar-refractivity contribution >= 4 is 39.2 Å². The number of thioether (sulfide) groups is 1. The predicted molar refractivity (Wildman–Crippen MR) is 132 cm³/mol. The summed E-state index contributed by atoms with van der Waals surface area (Å²) < 4.78 is 1.82. The van der Waals surface area contributed by atoms with Crippen LogP contribution in [0.15, 0.2) is 40.3 Å². The lowest BCUT2D eigenvalue weighted by Gasteiger charge is -2.26. The van der Waals surface area contributed by atoms with E-state index in [4.69, 9.17) is 4.98 Å². The molecular weight excluding hydrogens is 438 g/mol. The Morgan fingerprint density at radius 2 is 1.81 bits per heavy atom. The molecule has 3 heterocycles. The molecule has 2 aliphatic rings. The molecule has 5 nitrogen and oxygen atoms in total. The molecule has 32 heavy (non-hydrogen) atoms. The number of thiophene rings is 1.